The van der Waals surface area contributed by atoms with Gasteiger partial charge in [0, 0.05) is 47.8 Å². The first-order valence-electron chi connectivity index (χ1n) is 11.7. The van der Waals surface area contributed by atoms with Crippen molar-refractivity contribution in [3.63, 3.8) is 0 Å². The summed E-state index contributed by atoms with van der Waals surface area (Å²) in [6.07, 6.45) is 8.57. The van der Waals surface area contributed by atoms with Crippen molar-refractivity contribution < 1.29 is 0 Å². The topological polar surface area (TPSA) is 48.0 Å². The fourth-order valence-corrected chi connectivity index (χ4v) is 5.57. The third-order valence-corrected chi connectivity index (χ3v) is 7.12. The molecule has 5 nitrogen and oxygen atoms in total. The van der Waals surface area contributed by atoms with Gasteiger partial charge in [-0.3, -0.25) is 9.38 Å². The lowest BCUT2D eigenvalue weighted by Crippen LogP contribution is -1.97. The lowest BCUT2D eigenvalue weighted by Gasteiger charge is -2.11. The second-order valence-corrected chi connectivity index (χ2v) is 9.03. The lowest BCUT2D eigenvalue weighted by atomic mass is 10.0. The number of rotatable bonds is 2. The summed E-state index contributed by atoms with van der Waals surface area (Å²) in [6, 6.07) is 28.0. The predicted molar refractivity (Wildman–Crippen MR) is 139 cm³/mol. The van der Waals surface area contributed by atoms with Gasteiger partial charge in [0.2, 0.25) is 5.78 Å². The fraction of sp³-hybridized carbons (Fsp3) is 0.0333. The molecule has 35 heavy (non-hydrogen) atoms. The molecule has 5 heteroatoms. The van der Waals surface area contributed by atoms with Gasteiger partial charge in [0.05, 0.1) is 22.2 Å². The molecule has 0 saturated heterocycles. The number of hydrogen-bond donors (Lipinski definition) is 0. The summed E-state index contributed by atoms with van der Waals surface area (Å²) in [6.45, 7) is 0. The number of pyridine rings is 1. The maximum Gasteiger partial charge on any atom is 0.234 e. The fourth-order valence-electron chi connectivity index (χ4n) is 5.57. The van der Waals surface area contributed by atoms with Crippen LogP contribution in [0.5, 0.6) is 0 Å². The van der Waals surface area contributed by atoms with Gasteiger partial charge in [0.25, 0.3) is 0 Å². The maximum atomic E-state index is 4.78. The molecule has 0 radical (unpaired) electrons. The van der Waals surface area contributed by atoms with Crippen molar-refractivity contribution >= 4 is 27.7 Å². The Morgan fingerprint density at radius 2 is 1.63 bits per heavy atom. The van der Waals surface area contributed by atoms with Crippen molar-refractivity contribution in [1.29, 1.82) is 0 Å². The SMILES string of the molecule is c1ccc2c(c1)Cc1c-2ccc2c3ncccc3n(-c3ccc(-c4cn5cccnc5n4)cc3)c12. The molecular weight excluding hydrogens is 430 g/mol. The summed E-state index contributed by atoms with van der Waals surface area (Å²) in [4.78, 5) is 13.8. The summed E-state index contributed by atoms with van der Waals surface area (Å²) in [5, 5.41) is 1.20. The van der Waals surface area contributed by atoms with Gasteiger partial charge in [-0.1, -0.05) is 42.5 Å². The van der Waals surface area contributed by atoms with Crippen LogP contribution in [0.1, 0.15) is 11.1 Å². The standard InChI is InChI=1S/C30H19N5/c1-2-6-22-20(5-1)17-25-23(22)12-13-24-28-27(7-3-14-31-28)35(29(24)25)21-10-8-19(9-11-21)26-18-34-16-4-15-32-30(34)33-26/h1-16,18H,17H2. The molecule has 4 aromatic heterocycles. The van der Waals surface area contributed by atoms with Crippen LogP contribution in [0.3, 0.4) is 0 Å². The molecule has 4 heterocycles. The van der Waals surface area contributed by atoms with Crippen molar-refractivity contribution in [2.24, 2.45) is 0 Å². The molecular formula is C30H19N5. The van der Waals surface area contributed by atoms with E-state index in [9.17, 15) is 0 Å². The lowest BCUT2D eigenvalue weighted by molar-refractivity contribution is 1.11. The highest BCUT2D eigenvalue weighted by Crippen LogP contribution is 2.43. The van der Waals surface area contributed by atoms with Crippen LogP contribution in [0.15, 0.2) is 104 Å². The number of hydrogen-bond acceptors (Lipinski definition) is 3. The van der Waals surface area contributed by atoms with Crippen LogP contribution >= 0.6 is 0 Å². The Hall–Kier alpha value is -4.77. The van der Waals surface area contributed by atoms with Crippen molar-refractivity contribution in [2.75, 3.05) is 0 Å². The molecule has 3 aromatic carbocycles. The Kier molecular flexibility index (Phi) is 3.66. The number of nitrogens with zero attached hydrogens (tertiary/aromatic N) is 5. The average Bonchev–Trinajstić information content (AvgIpc) is 3.60. The van der Waals surface area contributed by atoms with E-state index in [2.05, 4.69) is 81.3 Å². The molecule has 164 valence electrons. The van der Waals surface area contributed by atoms with Gasteiger partial charge in [0.1, 0.15) is 0 Å². The average molecular weight is 450 g/mol. The normalized spacial score (nSPS) is 12.5. The Labute approximate surface area is 201 Å². The predicted octanol–water partition coefficient (Wildman–Crippen LogP) is 6.46. The Bertz CT molecular complexity index is 1890. The first kappa shape index (κ1) is 18.6. The van der Waals surface area contributed by atoms with E-state index in [0.29, 0.717) is 5.78 Å². The van der Waals surface area contributed by atoms with Crippen LogP contribution in [-0.4, -0.2) is 23.9 Å². The summed E-state index contributed by atoms with van der Waals surface area (Å²) < 4.78 is 4.32. The van der Waals surface area contributed by atoms with Gasteiger partial charge in [-0.05, 0) is 58.7 Å². The highest BCUT2D eigenvalue weighted by Gasteiger charge is 2.24. The van der Waals surface area contributed by atoms with Crippen LogP contribution in [-0.2, 0) is 6.42 Å². The molecule has 0 bridgehead atoms. The van der Waals surface area contributed by atoms with E-state index in [1.54, 1.807) is 6.20 Å². The van der Waals surface area contributed by atoms with Crippen molar-refractivity contribution in [3.8, 4) is 28.1 Å². The minimum absolute atomic E-state index is 0.704. The van der Waals surface area contributed by atoms with Crippen molar-refractivity contribution in [3.05, 3.63) is 115 Å². The monoisotopic (exact) mass is 449 g/mol. The molecule has 1 aliphatic carbocycles. The van der Waals surface area contributed by atoms with E-state index in [1.165, 1.54) is 33.2 Å². The third-order valence-electron chi connectivity index (χ3n) is 7.12. The van der Waals surface area contributed by atoms with Crippen LogP contribution in [0.25, 0.3) is 55.8 Å². The molecule has 1 aliphatic rings. The van der Waals surface area contributed by atoms with E-state index in [0.717, 1.165) is 34.4 Å². The van der Waals surface area contributed by atoms with Crippen LogP contribution in [0.4, 0.5) is 0 Å². The van der Waals surface area contributed by atoms with Crippen molar-refractivity contribution in [1.82, 2.24) is 23.9 Å². The molecule has 0 spiro atoms. The zero-order valence-electron chi connectivity index (χ0n) is 18.8. The maximum absolute atomic E-state index is 4.78. The molecule has 7 aromatic rings. The second kappa shape index (κ2) is 6.87. The van der Waals surface area contributed by atoms with Crippen LogP contribution in [0, 0.1) is 0 Å². The number of imidazole rings is 1. The third kappa shape index (κ3) is 2.60. The first-order chi connectivity index (χ1) is 17.3. The zero-order valence-corrected chi connectivity index (χ0v) is 18.8. The van der Waals surface area contributed by atoms with Gasteiger partial charge in [0.15, 0.2) is 0 Å². The molecule has 0 atom stereocenters. The van der Waals surface area contributed by atoms with Gasteiger partial charge < -0.3 is 4.57 Å². The van der Waals surface area contributed by atoms with Crippen LogP contribution < -0.4 is 0 Å². The van der Waals surface area contributed by atoms with E-state index in [4.69, 9.17) is 4.98 Å². The Balaban J connectivity index is 1.35. The number of aromatic nitrogens is 5. The van der Waals surface area contributed by atoms with E-state index in [1.807, 2.05) is 35.1 Å². The zero-order chi connectivity index (χ0) is 22.9. The Morgan fingerprint density at radius 1 is 0.743 bits per heavy atom. The van der Waals surface area contributed by atoms with Gasteiger partial charge in [-0.25, -0.2) is 9.97 Å². The molecule has 0 saturated carbocycles. The van der Waals surface area contributed by atoms with Gasteiger partial charge >= 0.3 is 0 Å². The molecule has 0 N–H and O–H groups in total. The van der Waals surface area contributed by atoms with E-state index in [-0.39, 0.29) is 0 Å². The molecule has 0 fully saturated rings. The number of benzene rings is 3. The molecule has 8 rings (SSSR count). The summed E-state index contributed by atoms with van der Waals surface area (Å²) >= 11 is 0. The minimum atomic E-state index is 0.704. The molecule has 0 amide bonds. The van der Waals surface area contributed by atoms with E-state index >= 15 is 0 Å². The minimum Gasteiger partial charge on any atom is -0.307 e. The van der Waals surface area contributed by atoms with E-state index < -0.39 is 0 Å². The summed E-state index contributed by atoms with van der Waals surface area (Å²) in [5.74, 6) is 0.704. The summed E-state index contributed by atoms with van der Waals surface area (Å²) in [5.41, 5.74) is 11.9. The quantitative estimate of drug-likeness (QED) is 0.304. The van der Waals surface area contributed by atoms with Crippen LogP contribution in [0.2, 0.25) is 0 Å². The second-order valence-electron chi connectivity index (χ2n) is 9.03. The summed E-state index contributed by atoms with van der Waals surface area (Å²) in [7, 11) is 0. The Morgan fingerprint density at radius 3 is 2.54 bits per heavy atom. The van der Waals surface area contributed by atoms with Gasteiger partial charge in [-0.2, -0.15) is 0 Å². The largest absolute Gasteiger partial charge is 0.307 e. The first-order valence-corrected chi connectivity index (χ1v) is 11.7. The van der Waals surface area contributed by atoms with Gasteiger partial charge in [-0.15, -0.1) is 0 Å². The van der Waals surface area contributed by atoms with Crippen molar-refractivity contribution in [2.45, 2.75) is 6.42 Å². The smallest absolute Gasteiger partial charge is 0.234 e. The number of fused-ring (bicyclic) bond motifs is 8. The highest BCUT2D eigenvalue weighted by atomic mass is 15.1. The molecule has 0 unspecified atom stereocenters. The molecule has 0 aliphatic heterocycles. The highest BCUT2D eigenvalue weighted by molar-refractivity contribution is 6.10.